The van der Waals surface area contributed by atoms with Crippen molar-refractivity contribution in [2.24, 2.45) is 0 Å². The molecule has 4 rings (SSSR count). The van der Waals surface area contributed by atoms with Gasteiger partial charge in [-0.15, -0.1) is 0 Å². The van der Waals surface area contributed by atoms with Crippen molar-refractivity contribution < 1.29 is 13.9 Å². The van der Waals surface area contributed by atoms with Gasteiger partial charge in [-0.25, -0.2) is 9.59 Å². The Morgan fingerprint density at radius 1 is 0.967 bits per heavy atom. The van der Waals surface area contributed by atoms with E-state index < -0.39 is 11.6 Å². The molecule has 0 saturated heterocycles. The minimum atomic E-state index is -0.459. The molecule has 0 aliphatic rings. The molecule has 30 heavy (non-hydrogen) atoms. The van der Waals surface area contributed by atoms with E-state index in [0.29, 0.717) is 16.7 Å². The van der Waals surface area contributed by atoms with Gasteiger partial charge in [0, 0.05) is 34.1 Å². The van der Waals surface area contributed by atoms with Crippen LogP contribution in [0.4, 0.5) is 0 Å². The smallest absolute Gasteiger partial charge is 0.340 e. The molecule has 4 aromatic rings. The zero-order valence-corrected chi connectivity index (χ0v) is 17.5. The molecular formula is C25H23NO4. The number of carbonyl (C=O) groups is 1. The molecule has 5 heteroatoms. The predicted octanol–water partition coefficient (Wildman–Crippen LogP) is 5.17. The monoisotopic (exact) mass is 401 g/mol. The van der Waals surface area contributed by atoms with Crippen molar-refractivity contribution in [2.45, 2.75) is 34.3 Å². The van der Waals surface area contributed by atoms with E-state index in [-0.39, 0.29) is 6.61 Å². The molecule has 152 valence electrons. The van der Waals surface area contributed by atoms with E-state index in [9.17, 15) is 9.59 Å². The molecule has 0 unspecified atom stereocenters. The third kappa shape index (κ3) is 3.54. The summed E-state index contributed by atoms with van der Waals surface area (Å²) in [7, 11) is 0. The summed E-state index contributed by atoms with van der Waals surface area (Å²) in [6.45, 7) is 7.81. The topological polar surface area (TPSA) is 61.4 Å². The SMILES string of the molecule is Cc1cc2oc(=O)cc(COC(=O)c3cc(C)n(-c4ccccc4)c3C)c2cc1C. The van der Waals surface area contributed by atoms with Gasteiger partial charge in [0.25, 0.3) is 0 Å². The van der Waals surface area contributed by atoms with Gasteiger partial charge >= 0.3 is 11.6 Å². The minimum absolute atomic E-state index is 0.00155. The highest BCUT2D eigenvalue weighted by Gasteiger charge is 2.19. The molecule has 0 spiro atoms. The summed E-state index contributed by atoms with van der Waals surface area (Å²) in [6, 6.07) is 16.9. The molecule has 0 N–H and O–H groups in total. The predicted molar refractivity (Wildman–Crippen MR) is 116 cm³/mol. The Bertz CT molecular complexity index is 1310. The number of aryl methyl sites for hydroxylation is 3. The maximum Gasteiger partial charge on any atom is 0.340 e. The number of hydrogen-bond acceptors (Lipinski definition) is 4. The summed E-state index contributed by atoms with van der Waals surface area (Å²) in [5.41, 5.74) is 6.05. The molecule has 0 aliphatic carbocycles. The van der Waals surface area contributed by atoms with Crippen LogP contribution in [0.5, 0.6) is 0 Å². The van der Waals surface area contributed by atoms with Crippen LogP contribution in [0.15, 0.2) is 63.8 Å². The fourth-order valence-electron chi connectivity index (χ4n) is 3.77. The fourth-order valence-corrected chi connectivity index (χ4v) is 3.77. The lowest BCUT2D eigenvalue weighted by Crippen LogP contribution is -2.09. The Balaban J connectivity index is 1.64. The zero-order valence-electron chi connectivity index (χ0n) is 17.5. The quantitative estimate of drug-likeness (QED) is 0.349. The molecule has 0 amide bonds. The molecular weight excluding hydrogens is 378 g/mol. The molecule has 0 aliphatic heterocycles. The second-order valence-corrected chi connectivity index (χ2v) is 7.56. The van der Waals surface area contributed by atoms with Crippen LogP contribution in [-0.4, -0.2) is 10.5 Å². The van der Waals surface area contributed by atoms with Crippen LogP contribution in [0.2, 0.25) is 0 Å². The van der Waals surface area contributed by atoms with Gasteiger partial charge in [-0.2, -0.15) is 0 Å². The van der Waals surface area contributed by atoms with Gasteiger partial charge in [0.15, 0.2) is 0 Å². The van der Waals surface area contributed by atoms with Gasteiger partial charge in [-0.05, 0) is 69.2 Å². The molecule has 0 radical (unpaired) electrons. The molecule has 5 nitrogen and oxygen atoms in total. The number of hydrogen-bond donors (Lipinski definition) is 0. The molecule has 2 heterocycles. The van der Waals surface area contributed by atoms with E-state index in [1.54, 1.807) is 0 Å². The Kier molecular flexibility index (Phi) is 5.04. The summed E-state index contributed by atoms with van der Waals surface area (Å²) in [5.74, 6) is -0.421. The van der Waals surface area contributed by atoms with Gasteiger partial charge in [-0.3, -0.25) is 0 Å². The van der Waals surface area contributed by atoms with E-state index in [2.05, 4.69) is 0 Å². The molecule has 2 aromatic heterocycles. The van der Waals surface area contributed by atoms with Crippen LogP contribution in [0.3, 0.4) is 0 Å². The standard InChI is InChI=1S/C25H23NO4/c1-15-10-22-19(13-24(27)30-23(22)11-16(15)2)14-29-25(28)21-12-17(3)26(18(21)4)20-8-6-5-7-9-20/h5-13H,14H2,1-4H3. The van der Waals surface area contributed by atoms with Crippen molar-refractivity contribution in [1.82, 2.24) is 4.57 Å². The van der Waals surface area contributed by atoms with Crippen LogP contribution < -0.4 is 5.63 Å². The lowest BCUT2D eigenvalue weighted by Gasteiger charge is -2.11. The zero-order chi connectivity index (χ0) is 21.4. The van der Waals surface area contributed by atoms with Gasteiger partial charge < -0.3 is 13.7 Å². The van der Waals surface area contributed by atoms with Crippen molar-refractivity contribution in [3.8, 4) is 5.69 Å². The average molecular weight is 401 g/mol. The average Bonchev–Trinajstić information content (AvgIpc) is 3.02. The second kappa shape index (κ2) is 7.67. The number of esters is 1. The van der Waals surface area contributed by atoms with Crippen LogP contribution in [-0.2, 0) is 11.3 Å². The lowest BCUT2D eigenvalue weighted by atomic mass is 10.0. The van der Waals surface area contributed by atoms with E-state index >= 15 is 0 Å². The summed E-state index contributed by atoms with van der Waals surface area (Å²) in [6.07, 6.45) is 0. The highest BCUT2D eigenvalue weighted by atomic mass is 16.5. The number of nitrogens with zero attached hydrogens (tertiary/aromatic N) is 1. The van der Waals surface area contributed by atoms with E-state index in [1.165, 1.54) is 6.07 Å². The number of carbonyl (C=O) groups excluding carboxylic acids is 1. The minimum Gasteiger partial charge on any atom is -0.457 e. The van der Waals surface area contributed by atoms with Gasteiger partial charge in [0.2, 0.25) is 0 Å². The van der Waals surface area contributed by atoms with Gasteiger partial charge in [0.1, 0.15) is 12.2 Å². The molecule has 0 saturated carbocycles. The van der Waals surface area contributed by atoms with Crippen molar-refractivity contribution >= 4 is 16.9 Å². The molecule has 2 aromatic carbocycles. The highest BCUT2D eigenvalue weighted by molar-refractivity contribution is 5.91. The van der Waals surface area contributed by atoms with Crippen molar-refractivity contribution in [3.63, 3.8) is 0 Å². The third-order valence-corrected chi connectivity index (χ3v) is 5.47. The van der Waals surface area contributed by atoms with E-state index in [4.69, 9.17) is 9.15 Å². The summed E-state index contributed by atoms with van der Waals surface area (Å²) < 4.78 is 12.9. The Morgan fingerprint density at radius 2 is 1.67 bits per heavy atom. The van der Waals surface area contributed by atoms with Gasteiger partial charge in [0.05, 0.1) is 5.56 Å². The Labute approximate surface area is 174 Å². The first-order chi connectivity index (χ1) is 14.3. The summed E-state index contributed by atoms with van der Waals surface area (Å²) in [5, 5.41) is 0.778. The number of aromatic nitrogens is 1. The van der Waals surface area contributed by atoms with Crippen molar-refractivity contribution in [2.75, 3.05) is 0 Å². The van der Waals surface area contributed by atoms with Crippen LogP contribution >= 0.6 is 0 Å². The van der Waals surface area contributed by atoms with Crippen LogP contribution in [0.25, 0.3) is 16.7 Å². The van der Waals surface area contributed by atoms with E-state index in [1.807, 2.05) is 80.8 Å². The van der Waals surface area contributed by atoms with Gasteiger partial charge in [-0.1, -0.05) is 18.2 Å². The van der Waals surface area contributed by atoms with Crippen molar-refractivity contribution in [1.29, 1.82) is 0 Å². The first-order valence-corrected chi connectivity index (χ1v) is 9.80. The van der Waals surface area contributed by atoms with Crippen molar-refractivity contribution in [3.05, 3.63) is 98.7 Å². The maximum absolute atomic E-state index is 12.8. The number of fused-ring (bicyclic) bond motifs is 1. The lowest BCUT2D eigenvalue weighted by molar-refractivity contribution is 0.0473. The summed E-state index contributed by atoms with van der Waals surface area (Å²) >= 11 is 0. The first-order valence-electron chi connectivity index (χ1n) is 9.80. The molecule has 0 fully saturated rings. The third-order valence-electron chi connectivity index (χ3n) is 5.47. The van der Waals surface area contributed by atoms with Crippen LogP contribution in [0.1, 0.15) is 38.4 Å². The Hall–Kier alpha value is -3.60. The fraction of sp³-hybridized carbons (Fsp3) is 0.200. The normalized spacial score (nSPS) is 11.1. The number of ether oxygens (including phenoxy) is 1. The number of para-hydroxylation sites is 1. The number of rotatable bonds is 4. The van der Waals surface area contributed by atoms with Crippen LogP contribution in [0, 0.1) is 27.7 Å². The first kappa shape index (κ1) is 19.7. The number of benzene rings is 2. The molecule has 0 bridgehead atoms. The summed E-state index contributed by atoms with van der Waals surface area (Å²) in [4.78, 5) is 24.8. The Morgan fingerprint density at radius 3 is 2.40 bits per heavy atom. The maximum atomic E-state index is 12.8. The highest BCUT2D eigenvalue weighted by Crippen LogP contribution is 2.24. The molecule has 0 atom stereocenters. The second-order valence-electron chi connectivity index (χ2n) is 7.56. The van der Waals surface area contributed by atoms with E-state index in [0.717, 1.165) is 33.6 Å². The largest absolute Gasteiger partial charge is 0.457 e.